The first-order valence-electron chi connectivity index (χ1n) is 15.2. The number of aromatic nitrogens is 3. The van der Waals surface area contributed by atoms with Crippen LogP contribution in [0.1, 0.15) is 37.7 Å². The zero-order valence-corrected chi connectivity index (χ0v) is 24.6. The van der Waals surface area contributed by atoms with Gasteiger partial charge in [-0.3, -0.25) is 9.88 Å². The summed E-state index contributed by atoms with van der Waals surface area (Å²) in [5.74, 6) is -3.63. The summed E-state index contributed by atoms with van der Waals surface area (Å²) >= 11 is 0. The van der Waals surface area contributed by atoms with E-state index in [2.05, 4.69) is 26.2 Å². The highest BCUT2D eigenvalue weighted by atomic mass is 19.2. The van der Waals surface area contributed by atoms with Crippen LogP contribution in [0, 0.1) is 24.0 Å². The molecule has 8 nitrogen and oxygen atoms in total. The second kappa shape index (κ2) is 10.1. The maximum absolute atomic E-state index is 16.7. The first kappa shape index (κ1) is 29.1. The quantitative estimate of drug-likeness (QED) is 0.174. The minimum atomic E-state index is -2.03. The third-order valence-electron chi connectivity index (χ3n) is 9.87. The Labute approximate surface area is 260 Å². The van der Waals surface area contributed by atoms with Crippen molar-refractivity contribution in [2.45, 2.75) is 55.4 Å². The van der Waals surface area contributed by atoms with Crippen LogP contribution in [0.4, 0.5) is 27.8 Å². The number of pyridine rings is 1. The predicted molar refractivity (Wildman–Crippen MR) is 161 cm³/mol. The lowest BCUT2D eigenvalue weighted by molar-refractivity contribution is 0.0435. The Morgan fingerprint density at radius 2 is 1.89 bits per heavy atom. The van der Waals surface area contributed by atoms with Crippen molar-refractivity contribution in [1.29, 1.82) is 0 Å². The fourth-order valence-corrected chi connectivity index (χ4v) is 7.89. The summed E-state index contributed by atoms with van der Waals surface area (Å²) in [7, 11) is 0. The Bertz CT molecular complexity index is 1960. The van der Waals surface area contributed by atoms with Crippen molar-refractivity contribution >= 4 is 27.5 Å². The predicted octanol–water partition coefficient (Wildman–Crippen LogP) is 5.30. The van der Waals surface area contributed by atoms with Crippen LogP contribution in [0.5, 0.6) is 11.8 Å². The molecule has 238 valence electrons. The van der Waals surface area contributed by atoms with E-state index in [0.29, 0.717) is 18.4 Å². The Hall–Kier alpha value is -4.28. The van der Waals surface area contributed by atoms with Gasteiger partial charge >= 0.3 is 6.01 Å². The number of ether oxygens (including phenoxy) is 1. The molecule has 46 heavy (non-hydrogen) atoms. The number of aromatic hydroxyl groups is 1. The molecule has 0 spiro atoms. The molecule has 0 saturated carbocycles. The van der Waals surface area contributed by atoms with Gasteiger partial charge in [-0.1, -0.05) is 12.0 Å². The van der Waals surface area contributed by atoms with Crippen LogP contribution in [-0.4, -0.2) is 81.0 Å². The molecule has 0 aliphatic carbocycles. The highest BCUT2D eigenvalue weighted by Gasteiger charge is 2.55. The maximum atomic E-state index is 16.7. The molecule has 0 radical (unpaired) electrons. The molecule has 4 atom stereocenters. The van der Waals surface area contributed by atoms with Gasteiger partial charge in [-0.25, -0.2) is 27.3 Å². The molecule has 4 aliphatic rings. The van der Waals surface area contributed by atoms with E-state index in [0.717, 1.165) is 19.0 Å². The molecule has 4 fully saturated rings. The van der Waals surface area contributed by atoms with Crippen LogP contribution in [-0.2, 0) is 0 Å². The number of halogens is 5. The Morgan fingerprint density at radius 1 is 1.11 bits per heavy atom. The summed E-state index contributed by atoms with van der Waals surface area (Å²) in [5.41, 5.74) is -1.22. The highest BCUT2D eigenvalue weighted by molar-refractivity contribution is 6.03. The number of terminal acetylenes is 1. The van der Waals surface area contributed by atoms with Gasteiger partial charge in [0.25, 0.3) is 0 Å². The number of hydrogen-bond donors (Lipinski definition) is 2. The van der Waals surface area contributed by atoms with Crippen LogP contribution < -0.4 is 15.0 Å². The van der Waals surface area contributed by atoms with Gasteiger partial charge in [0.2, 0.25) is 0 Å². The van der Waals surface area contributed by atoms with E-state index < -0.39 is 34.9 Å². The van der Waals surface area contributed by atoms with Gasteiger partial charge in [0, 0.05) is 43.0 Å². The van der Waals surface area contributed by atoms with Crippen molar-refractivity contribution in [2.75, 3.05) is 37.7 Å². The minimum absolute atomic E-state index is 0.0237. The van der Waals surface area contributed by atoms with Crippen molar-refractivity contribution < 1.29 is 31.8 Å². The minimum Gasteiger partial charge on any atom is -0.508 e. The molecule has 0 unspecified atom stereocenters. The van der Waals surface area contributed by atoms with Gasteiger partial charge in [-0.05, 0) is 43.0 Å². The largest absolute Gasteiger partial charge is 0.508 e. The zero-order chi connectivity index (χ0) is 32.0. The Balaban J connectivity index is 1.29. The molecule has 4 saturated heterocycles. The molecule has 0 amide bonds. The number of alkyl halides is 3. The van der Waals surface area contributed by atoms with Gasteiger partial charge in [-0.15, -0.1) is 6.42 Å². The van der Waals surface area contributed by atoms with Gasteiger partial charge in [0.1, 0.15) is 41.4 Å². The first-order valence-corrected chi connectivity index (χ1v) is 15.2. The Morgan fingerprint density at radius 3 is 2.65 bits per heavy atom. The van der Waals surface area contributed by atoms with Crippen molar-refractivity contribution in [3.8, 4) is 35.4 Å². The van der Waals surface area contributed by atoms with E-state index in [1.165, 1.54) is 29.3 Å². The lowest BCUT2D eigenvalue weighted by atomic mass is 9.95. The summed E-state index contributed by atoms with van der Waals surface area (Å²) in [6.07, 6.45) is 7.66. The summed E-state index contributed by atoms with van der Waals surface area (Å²) in [4.78, 5) is 16.7. The van der Waals surface area contributed by atoms with E-state index >= 15 is 13.2 Å². The molecular formula is C33H29F5N6O2. The lowest BCUT2D eigenvalue weighted by Crippen LogP contribution is -2.62. The summed E-state index contributed by atoms with van der Waals surface area (Å²) in [6.45, 7) is 0.537. The first-order chi connectivity index (χ1) is 22.0. The number of rotatable bonds is 5. The van der Waals surface area contributed by atoms with Crippen LogP contribution in [0.15, 0.2) is 30.5 Å². The fourth-order valence-electron chi connectivity index (χ4n) is 7.89. The molecular weight excluding hydrogens is 607 g/mol. The molecule has 2 N–H and O–H groups in total. The molecule has 4 aliphatic heterocycles. The van der Waals surface area contributed by atoms with E-state index in [1.54, 1.807) is 0 Å². The van der Waals surface area contributed by atoms with Crippen LogP contribution in [0.25, 0.3) is 32.9 Å². The number of fused-ring (bicyclic) bond motifs is 5. The monoisotopic (exact) mass is 636 g/mol. The summed E-state index contributed by atoms with van der Waals surface area (Å²) in [6, 6.07) is 4.93. The van der Waals surface area contributed by atoms with E-state index in [-0.39, 0.29) is 89.6 Å². The van der Waals surface area contributed by atoms with Gasteiger partial charge in [-0.2, -0.15) is 9.97 Å². The summed E-state index contributed by atoms with van der Waals surface area (Å²) < 4.78 is 83.1. The summed E-state index contributed by atoms with van der Waals surface area (Å²) in [5, 5.41) is 13.5. The third-order valence-corrected chi connectivity index (χ3v) is 9.87. The van der Waals surface area contributed by atoms with Crippen molar-refractivity contribution in [1.82, 2.24) is 25.2 Å². The zero-order valence-electron chi connectivity index (χ0n) is 24.6. The topological polar surface area (TPSA) is 86.6 Å². The molecule has 13 heteroatoms. The Kier molecular flexibility index (Phi) is 6.40. The standard InChI is InChI=1S/C33H29F5N6O2/c1-2-21-24(35)5-4-18-10-20(45)11-22(25(18)21)27-26(36)28-23(13-39-27)29(43-15-32(37)7-8-33(38,16-43)42-32)41-30(40-28)46-17-31-6-3-9-44(31)14-19(34)12-31/h1,4-5,10-11,13,19,42,45H,3,6-9,12,14-17H2/t19-,31+,32-,33+/m1/s1. The number of benzene rings is 2. The number of nitrogens with one attached hydrogen (secondary N) is 1. The molecule has 2 bridgehead atoms. The maximum Gasteiger partial charge on any atom is 0.319 e. The van der Waals surface area contributed by atoms with Gasteiger partial charge in [0.15, 0.2) is 17.4 Å². The van der Waals surface area contributed by atoms with E-state index in [9.17, 15) is 13.9 Å². The van der Waals surface area contributed by atoms with E-state index in [1.807, 2.05) is 4.90 Å². The normalized spacial score (nSPS) is 29.0. The average molecular weight is 637 g/mol. The highest BCUT2D eigenvalue weighted by Crippen LogP contribution is 2.44. The molecule has 4 aromatic rings. The van der Waals surface area contributed by atoms with Crippen LogP contribution in [0.2, 0.25) is 0 Å². The smallest absolute Gasteiger partial charge is 0.319 e. The number of phenols is 1. The third kappa shape index (κ3) is 4.52. The fraction of sp³-hybridized carbons (Fsp3) is 0.424. The van der Waals surface area contributed by atoms with Crippen molar-refractivity contribution in [2.24, 2.45) is 0 Å². The molecule has 2 aromatic heterocycles. The number of anilines is 1. The second-order valence-corrected chi connectivity index (χ2v) is 12.9. The average Bonchev–Trinajstić information content (AvgIpc) is 3.61. The lowest BCUT2D eigenvalue weighted by Gasteiger charge is -2.40. The van der Waals surface area contributed by atoms with Gasteiger partial charge < -0.3 is 14.7 Å². The van der Waals surface area contributed by atoms with Crippen molar-refractivity contribution in [3.63, 3.8) is 0 Å². The second-order valence-electron chi connectivity index (χ2n) is 12.9. The number of hydrogen-bond acceptors (Lipinski definition) is 8. The molecule has 8 rings (SSSR count). The van der Waals surface area contributed by atoms with Crippen LogP contribution >= 0.6 is 0 Å². The molecule has 6 heterocycles. The van der Waals surface area contributed by atoms with Crippen LogP contribution in [0.3, 0.4) is 0 Å². The number of phenolic OH excluding ortho intramolecular Hbond substituents is 1. The van der Waals surface area contributed by atoms with E-state index in [4.69, 9.17) is 11.2 Å². The van der Waals surface area contributed by atoms with Gasteiger partial charge in [0.05, 0.1) is 29.6 Å². The van der Waals surface area contributed by atoms with Crippen molar-refractivity contribution in [3.05, 3.63) is 47.7 Å². The molecule has 2 aromatic carbocycles. The number of nitrogens with zero attached hydrogens (tertiary/aromatic N) is 5. The SMILES string of the molecule is C#Cc1c(F)ccc2cc(O)cc(-c3ncc4c(N5C[C@]6(F)CC[C@](F)(C5)N6)nc(OC[C@@]56CCCN5C[C@H](F)C6)nc4c3F)c12. The number of piperazine rings is 1.